The molecule has 1 saturated carbocycles. The molecule has 0 heterocycles. The van der Waals surface area contributed by atoms with E-state index in [9.17, 15) is 44.3 Å². The van der Waals surface area contributed by atoms with Crippen LogP contribution < -0.4 is 4.74 Å². The summed E-state index contributed by atoms with van der Waals surface area (Å²) in [4.78, 5) is -1.51. The first-order valence-corrected chi connectivity index (χ1v) is 8.70. The summed E-state index contributed by atoms with van der Waals surface area (Å²) in [7, 11) is -6.01. The molecule has 1 N–H and O–H groups in total. The molecular weight excluding hydrogens is 397 g/mol. The van der Waals surface area contributed by atoms with Crippen LogP contribution in [-0.2, 0) is 16.3 Å². The number of halogens is 7. The third kappa shape index (κ3) is 2.92. The van der Waals surface area contributed by atoms with E-state index in [1.807, 2.05) is 0 Å². The van der Waals surface area contributed by atoms with Gasteiger partial charge in [0.1, 0.15) is 11.9 Å². The fraction of sp³-hybridized carbons (Fsp3) is 0.571. The summed E-state index contributed by atoms with van der Waals surface area (Å²) >= 11 is 0. The highest BCUT2D eigenvalue weighted by Crippen LogP contribution is 2.52. The molecule has 1 fully saturated rings. The number of aliphatic hydroxyl groups excluding tert-OH is 1. The molecule has 0 aromatic heterocycles. The summed E-state index contributed by atoms with van der Waals surface area (Å²) in [6.45, 7) is -0.577. The maximum Gasteiger partial charge on any atom is 0.501 e. The van der Waals surface area contributed by atoms with Gasteiger partial charge in [0.2, 0.25) is 0 Å². The smallest absolute Gasteiger partial charge is 0.493 e. The minimum absolute atomic E-state index is 0.382. The number of alkyl halides is 7. The molecule has 3 rings (SSSR count). The molecule has 0 radical (unpaired) electrons. The van der Waals surface area contributed by atoms with Crippen molar-refractivity contribution in [1.29, 1.82) is 0 Å². The molecule has 1 unspecified atom stereocenters. The third-order valence-corrected chi connectivity index (χ3v) is 5.89. The summed E-state index contributed by atoms with van der Waals surface area (Å²) in [5, 5.41) is 9.66. The van der Waals surface area contributed by atoms with Gasteiger partial charge in [-0.25, -0.2) is 26.0 Å². The Labute approximate surface area is 142 Å². The fourth-order valence-corrected chi connectivity index (χ4v) is 3.80. The van der Waals surface area contributed by atoms with Gasteiger partial charge in [0.05, 0.1) is 17.4 Å². The number of rotatable bonds is 4. The lowest BCUT2D eigenvalue weighted by atomic mass is 10.1. The van der Waals surface area contributed by atoms with Gasteiger partial charge in [0.15, 0.2) is 0 Å². The minimum atomic E-state index is -6.01. The topological polar surface area (TPSA) is 63.6 Å². The van der Waals surface area contributed by atoms with Crippen LogP contribution in [0.4, 0.5) is 30.7 Å². The first-order valence-electron chi connectivity index (χ1n) is 7.22. The van der Waals surface area contributed by atoms with Crippen LogP contribution in [0.2, 0.25) is 0 Å². The van der Waals surface area contributed by atoms with Crippen molar-refractivity contribution in [3.05, 3.63) is 23.3 Å². The van der Waals surface area contributed by atoms with Gasteiger partial charge in [0.25, 0.3) is 21.7 Å². The van der Waals surface area contributed by atoms with Crippen LogP contribution in [0.5, 0.6) is 5.75 Å². The van der Waals surface area contributed by atoms with Gasteiger partial charge in [-0.15, -0.1) is 0 Å². The lowest BCUT2D eigenvalue weighted by Crippen LogP contribution is -2.26. The Kier molecular flexibility index (Phi) is 4.04. The van der Waals surface area contributed by atoms with Crippen molar-refractivity contribution in [3.8, 4) is 5.75 Å². The number of ether oxygens (including phenoxy) is 1. The van der Waals surface area contributed by atoms with Gasteiger partial charge in [-0.2, -0.15) is 13.2 Å². The number of hydrogen-bond donors (Lipinski definition) is 1. The highest BCUT2D eigenvalue weighted by molar-refractivity contribution is 7.92. The molecule has 1 aromatic carbocycles. The molecule has 2 aliphatic rings. The summed E-state index contributed by atoms with van der Waals surface area (Å²) in [6.07, 6.45) is -4.55. The van der Waals surface area contributed by atoms with Crippen molar-refractivity contribution in [2.45, 2.75) is 41.2 Å². The van der Waals surface area contributed by atoms with E-state index in [0.717, 1.165) is 0 Å². The Morgan fingerprint density at radius 1 is 1.15 bits per heavy atom. The Morgan fingerprint density at radius 2 is 1.73 bits per heavy atom. The Morgan fingerprint density at radius 3 is 2.23 bits per heavy atom. The molecule has 12 heteroatoms. The summed E-state index contributed by atoms with van der Waals surface area (Å²) in [5.74, 6) is -8.52. The van der Waals surface area contributed by atoms with Crippen LogP contribution in [0.3, 0.4) is 0 Å². The molecule has 0 amide bonds. The van der Waals surface area contributed by atoms with E-state index in [-0.39, 0.29) is 0 Å². The van der Waals surface area contributed by atoms with E-state index in [4.69, 9.17) is 4.74 Å². The van der Waals surface area contributed by atoms with Crippen LogP contribution >= 0.6 is 0 Å². The normalized spacial score (nSPS) is 26.5. The third-order valence-electron chi connectivity index (χ3n) is 4.35. The van der Waals surface area contributed by atoms with Crippen molar-refractivity contribution in [2.75, 3.05) is 6.61 Å². The van der Waals surface area contributed by atoms with Crippen LogP contribution in [0.15, 0.2) is 17.0 Å². The standard InChI is InChI=1S/C14H11F7O4S/c15-12(16)3-6(12)5-25-8-1-2-9(26(23,24)14(19,20)21)10-7(8)4-13(17,18)11(10)22/h1-2,6,11,22H,3-5H2/t6?,11-/m0/s1. The minimum Gasteiger partial charge on any atom is -0.493 e. The molecule has 26 heavy (non-hydrogen) atoms. The molecule has 0 bridgehead atoms. The number of aliphatic hydroxyl groups is 1. The highest BCUT2D eigenvalue weighted by Gasteiger charge is 2.58. The van der Waals surface area contributed by atoms with Crippen molar-refractivity contribution in [2.24, 2.45) is 5.92 Å². The van der Waals surface area contributed by atoms with Gasteiger partial charge in [-0.3, -0.25) is 0 Å². The van der Waals surface area contributed by atoms with E-state index in [1.54, 1.807) is 0 Å². The van der Waals surface area contributed by atoms with Gasteiger partial charge in [0, 0.05) is 24.0 Å². The fourth-order valence-electron chi connectivity index (χ4n) is 2.78. The zero-order chi connectivity index (χ0) is 19.7. The van der Waals surface area contributed by atoms with Crippen molar-refractivity contribution in [3.63, 3.8) is 0 Å². The van der Waals surface area contributed by atoms with Crippen molar-refractivity contribution < 1.29 is 49.0 Å². The lowest BCUT2D eigenvalue weighted by molar-refractivity contribution is -0.0978. The monoisotopic (exact) mass is 408 g/mol. The molecule has 0 saturated heterocycles. The van der Waals surface area contributed by atoms with Crippen LogP contribution in [0.25, 0.3) is 0 Å². The summed E-state index contributed by atoms with van der Waals surface area (Å²) in [5.41, 5.74) is -7.53. The van der Waals surface area contributed by atoms with E-state index in [2.05, 4.69) is 0 Å². The quantitative estimate of drug-likeness (QED) is 0.778. The summed E-state index contributed by atoms with van der Waals surface area (Å²) in [6, 6.07) is 1.08. The van der Waals surface area contributed by atoms with Crippen LogP contribution in [0, 0.1) is 5.92 Å². The first-order chi connectivity index (χ1) is 11.7. The second kappa shape index (κ2) is 5.47. The molecule has 0 aliphatic heterocycles. The molecule has 146 valence electrons. The Bertz CT molecular complexity index is 848. The molecular formula is C14H11F7O4S. The van der Waals surface area contributed by atoms with Gasteiger partial charge in [-0.05, 0) is 12.1 Å². The SMILES string of the molecule is O=S(=O)(c1ccc(OCC2CC2(F)F)c2c1[C@H](O)C(F)(F)C2)C(F)(F)F. The second-order valence-corrected chi connectivity index (χ2v) is 8.13. The van der Waals surface area contributed by atoms with E-state index in [0.29, 0.717) is 12.1 Å². The average molecular weight is 408 g/mol. The molecule has 1 aromatic rings. The number of hydrogen-bond acceptors (Lipinski definition) is 4. The van der Waals surface area contributed by atoms with Gasteiger partial charge >= 0.3 is 5.51 Å². The Hall–Kier alpha value is -1.56. The zero-order valence-electron chi connectivity index (χ0n) is 12.7. The average Bonchev–Trinajstić information content (AvgIpc) is 3.01. The predicted octanol–water partition coefficient (Wildman–Crippen LogP) is 3.24. The number of benzene rings is 1. The maximum absolute atomic E-state index is 13.8. The van der Waals surface area contributed by atoms with Crippen LogP contribution in [-0.4, -0.2) is 37.5 Å². The molecule has 4 nitrogen and oxygen atoms in total. The predicted molar refractivity (Wildman–Crippen MR) is 71.8 cm³/mol. The molecule has 2 aliphatic carbocycles. The Balaban J connectivity index is 2.04. The van der Waals surface area contributed by atoms with E-state index >= 15 is 0 Å². The lowest BCUT2D eigenvalue weighted by Gasteiger charge is -2.17. The van der Waals surface area contributed by atoms with E-state index in [1.165, 1.54) is 0 Å². The maximum atomic E-state index is 13.8. The van der Waals surface area contributed by atoms with Gasteiger partial charge in [-0.1, -0.05) is 0 Å². The van der Waals surface area contributed by atoms with E-state index < -0.39 is 80.4 Å². The van der Waals surface area contributed by atoms with Gasteiger partial charge < -0.3 is 9.84 Å². The zero-order valence-corrected chi connectivity index (χ0v) is 13.5. The summed E-state index contributed by atoms with van der Waals surface area (Å²) < 4.78 is 120. The first kappa shape index (κ1) is 19.2. The van der Waals surface area contributed by atoms with Crippen LogP contribution in [0.1, 0.15) is 23.7 Å². The number of sulfone groups is 1. The molecule has 0 spiro atoms. The van der Waals surface area contributed by atoms with Crippen molar-refractivity contribution >= 4 is 9.84 Å². The van der Waals surface area contributed by atoms with Crippen molar-refractivity contribution in [1.82, 2.24) is 0 Å². The highest BCUT2D eigenvalue weighted by atomic mass is 32.2. The largest absolute Gasteiger partial charge is 0.501 e. The molecule has 2 atom stereocenters. The number of fused-ring (bicyclic) bond motifs is 1. The second-order valence-electron chi connectivity index (χ2n) is 6.22.